The highest BCUT2D eigenvalue weighted by Crippen LogP contribution is 1.71. The van der Waals surface area contributed by atoms with Crippen molar-refractivity contribution in [3.05, 3.63) is 0 Å². The summed E-state index contributed by atoms with van der Waals surface area (Å²) in [5, 5.41) is 15.1. The Morgan fingerprint density at radius 1 is 1.57 bits per heavy atom. The van der Waals surface area contributed by atoms with E-state index in [2.05, 4.69) is 4.84 Å². The zero-order chi connectivity index (χ0) is 4.99. The van der Waals surface area contributed by atoms with Crippen molar-refractivity contribution >= 4 is 11.0 Å². The maximum Gasteiger partial charge on any atom is 0.0712 e. The molecule has 0 aliphatic heterocycles. The van der Waals surface area contributed by atoms with E-state index in [0.29, 0.717) is 0 Å². The Kier molecular flexibility index (Phi) is 8.76. The van der Waals surface area contributed by atoms with E-state index < -0.39 is 0 Å². The smallest absolute Gasteiger partial charge is 0.0712 e. The van der Waals surface area contributed by atoms with Crippen molar-refractivity contribution in [3.8, 4) is 0 Å². The predicted octanol–water partition coefficient (Wildman–Crippen LogP) is -1.43. The SMILES string of the molecule is CCON(O)O.[SiH4]. The maximum absolute atomic E-state index is 7.72. The van der Waals surface area contributed by atoms with E-state index in [4.69, 9.17) is 10.4 Å². The van der Waals surface area contributed by atoms with E-state index in [1.807, 2.05) is 0 Å². The number of hydrogen-bond donors (Lipinski definition) is 2. The molecule has 7 heavy (non-hydrogen) atoms. The molecule has 0 aliphatic carbocycles. The van der Waals surface area contributed by atoms with Gasteiger partial charge in [0.2, 0.25) is 0 Å². The zero-order valence-electron chi connectivity index (χ0n) is 3.46. The quantitative estimate of drug-likeness (QED) is 0.351. The van der Waals surface area contributed by atoms with E-state index in [1.165, 1.54) is 0 Å². The van der Waals surface area contributed by atoms with Gasteiger partial charge in [-0.2, -0.15) is 0 Å². The van der Waals surface area contributed by atoms with E-state index in [0.717, 1.165) is 0 Å². The lowest BCUT2D eigenvalue weighted by atomic mass is 10.9. The number of rotatable bonds is 2. The fourth-order valence-corrected chi connectivity index (χ4v) is 0.115. The number of nitrogens with zero attached hydrogens (tertiary/aromatic N) is 1. The summed E-state index contributed by atoms with van der Waals surface area (Å²) in [7, 11) is 0. The van der Waals surface area contributed by atoms with Crippen LogP contribution in [0.3, 0.4) is 0 Å². The summed E-state index contributed by atoms with van der Waals surface area (Å²) in [4.78, 5) is 3.99. The van der Waals surface area contributed by atoms with Crippen LogP contribution in [0.4, 0.5) is 0 Å². The van der Waals surface area contributed by atoms with Crippen LogP contribution >= 0.6 is 0 Å². The van der Waals surface area contributed by atoms with Crippen LogP contribution in [-0.2, 0) is 4.84 Å². The van der Waals surface area contributed by atoms with Crippen LogP contribution in [0, 0.1) is 0 Å². The van der Waals surface area contributed by atoms with Gasteiger partial charge in [0.1, 0.15) is 0 Å². The first kappa shape index (κ1) is 10.1. The third kappa shape index (κ3) is 10.7. The fourth-order valence-electron chi connectivity index (χ4n) is 0.115. The molecule has 2 N–H and O–H groups in total. The molecule has 46 valence electrons. The standard InChI is InChI=1S/C2H7NO3.H4Si/c1-2-6-3(4)5;/h4-5H,2H2,1H3;1H4. The Labute approximate surface area is 46.2 Å². The average molecular weight is 125 g/mol. The van der Waals surface area contributed by atoms with Gasteiger partial charge < -0.3 is 0 Å². The van der Waals surface area contributed by atoms with Crippen LogP contribution in [0.2, 0.25) is 0 Å². The second kappa shape index (κ2) is 6.06. The van der Waals surface area contributed by atoms with Crippen molar-refractivity contribution in [2.45, 2.75) is 6.92 Å². The molecular formula is C2H11NO3Si. The fraction of sp³-hybridized carbons (Fsp3) is 1.00. The molecule has 0 atom stereocenters. The number of hydrogen-bond acceptors (Lipinski definition) is 4. The van der Waals surface area contributed by atoms with Crippen LogP contribution < -0.4 is 0 Å². The van der Waals surface area contributed by atoms with Gasteiger partial charge in [0.05, 0.1) is 12.0 Å². The van der Waals surface area contributed by atoms with Crippen molar-refractivity contribution < 1.29 is 15.3 Å². The molecule has 0 unspecified atom stereocenters. The Morgan fingerprint density at radius 2 is 2.00 bits per heavy atom. The highest BCUT2D eigenvalue weighted by molar-refractivity contribution is 5.75. The third-order valence-electron chi connectivity index (χ3n) is 0.245. The molecule has 0 saturated carbocycles. The minimum Gasteiger partial charge on any atom is -0.266 e. The maximum atomic E-state index is 7.72. The van der Waals surface area contributed by atoms with E-state index in [-0.39, 0.29) is 23.0 Å². The summed E-state index contributed by atoms with van der Waals surface area (Å²) in [5.41, 5.74) is 0. The first-order chi connectivity index (χ1) is 2.77. The van der Waals surface area contributed by atoms with Gasteiger partial charge in [0.25, 0.3) is 0 Å². The molecular weight excluding hydrogens is 114 g/mol. The molecule has 0 heterocycles. The van der Waals surface area contributed by atoms with Crippen molar-refractivity contribution in [1.29, 1.82) is 0 Å². The van der Waals surface area contributed by atoms with Crippen molar-refractivity contribution in [2.24, 2.45) is 0 Å². The molecule has 0 aliphatic rings. The molecule has 0 aromatic carbocycles. The topological polar surface area (TPSA) is 52.9 Å². The van der Waals surface area contributed by atoms with Crippen molar-refractivity contribution in [1.82, 2.24) is 5.39 Å². The summed E-state index contributed by atoms with van der Waals surface area (Å²) in [6.07, 6.45) is 0. The van der Waals surface area contributed by atoms with Gasteiger partial charge in [-0.25, -0.2) is 0 Å². The molecule has 0 spiro atoms. The van der Waals surface area contributed by atoms with Crippen LogP contribution in [0.15, 0.2) is 0 Å². The summed E-state index contributed by atoms with van der Waals surface area (Å²) in [6.45, 7) is 1.90. The lowest BCUT2D eigenvalue weighted by Crippen LogP contribution is -2.13. The Balaban J connectivity index is 0. The summed E-state index contributed by atoms with van der Waals surface area (Å²) in [5.74, 6) is 0. The lowest BCUT2D eigenvalue weighted by Gasteiger charge is -1.99. The summed E-state index contributed by atoms with van der Waals surface area (Å²) < 4.78 is 0. The molecule has 0 rings (SSSR count). The Morgan fingerprint density at radius 3 is 2.00 bits per heavy atom. The van der Waals surface area contributed by atoms with Gasteiger partial charge in [0, 0.05) is 0 Å². The zero-order valence-corrected chi connectivity index (χ0v) is 3.46. The molecule has 0 bridgehead atoms. The third-order valence-corrected chi connectivity index (χ3v) is 0.245. The van der Waals surface area contributed by atoms with Gasteiger partial charge in [-0.3, -0.25) is 15.3 Å². The molecule has 0 saturated heterocycles. The van der Waals surface area contributed by atoms with Gasteiger partial charge in [0.15, 0.2) is 0 Å². The van der Waals surface area contributed by atoms with E-state index in [1.54, 1.807) is 6.92 Å². The minimum atomic E-state index is -0.319. The monoisotopic (exact) mass is 125 g/mol. The second-order valence-electron chi connectivity index (χ2n) is 0.671. The van der Waals surface area contributed by atoms with Crippen LogP contribution in [0.1, 0.15) is 6.92 Å². The molecule has 0 fully saturated rings. The van der Waals surface area contributed by atoms with Crippen LogP contribution in [0.25, 0.3) is 0 Å². The van der Waals surface area contributed by atoms with Crippen molar-refractivity contribution in [2.75, 3.05) is 6.61 Å². The molecule has 0 aromatic heterocycles. The first-order valence-corrected chi connectivity index (χ1v) is 1.58. The molecule has 0 aromatic rings. The minimum absolute atomic E-state index is 0. The van der Waals surface area contributed by atoms with E-state index >= 15 is 0 Å². The Hall–Kier alpha value is 0.0569. The summed E-state index contributed by atoms with van der Waals surface area (Å²) in [6, 6.07) is 0. The highest BCUT2D eigenvalue weighted by atomic mass is 28.1. The molecule has 0 radical (unpaired) electrons. The summed E-state index contributed by atoms with van der Waals surface area (Å²) >= 11 is 0. The van der Waals surface area contributed by atoms with Crippen LogP contribution in [0.5, 0.6) is 0 Å². The van der Waals surface area contributed by atoms with Crippen molar-refractivity contribution in [3.63, 3.8) is 0 Å². The largest absolute Gasteiger partial charge is 0.266 e. The average Bonchev–Trinajstić information content (AvgIpc) is 1.35. The molecule has 4 nitrogen and oxygen atoms in total. The van der Waals surface area contributed by atoms with Gasteiger partial charge in [-0.1, -0.05) is 0 Å². The van der Waals surface area contributed by atoms with Gasteiger partial charge in [-0.15, -0.1) is 0 Å². The first-order valence-electron chi connectivity index (χ1n) is 1.58. The van der Waals surface area contributed by atoms with Crippen LogP contribution in [-0.4, -0.2) is 33.4 Å². The Bertz CT molecular complexity index is 34.1. The normalized spacial score (nSPS) is 8.57. The van der Waals surface area contributed by atoms with E-state index in [9.17, 15) is 0 Å². The lowest BCUT2D eigenvalue weighted by molar-refractivity contribution is -0.491. The highest BCUT2D eigenvalue weighted by Gasteiger charge is 1.83. The predicted molar refractivity (Wildman–Crippen MR) is 28.4 cm³/mol. The molecule has 5 heteroatoms. The van der Waals surface area contributed by atoms with Gasteiger partial charge >= 0.3 is 0 Å². The second-order valence-corrected chi connectivity index (χ2v) is 0.671. The van der Waals surface area contributed by atoms with Gasteiger partial charge in [-0.05, 0) is 17.9 Å². The molecule has 0 amide bonds.